The van der Waals surface area contributed by atoms with Gasteiger partial charge in [-0.1, -0.05) is 0 Å². The Balaban J connectivity index is 2.57. The molecule has 0 aromatic rings. The van der Waals surface area contributed by atoms with Crippen molar-refractivity contribution in [2.75, 3.05) is 39.6 Å². The van der Waals surface area contributed by atoms with Crippen LogP contribution in [0.3, 0.4) is 0 Å². The average molecular weight is 869 g/mol. The molecule has 0 aromatic carbocycles. The molecule has 5 N–H and O–H groups in total. The summed E-state index contributed by atoms with van der Waals surface area (Å²) in [6, 6.07) is -3.97. The summed E-state index contributed by atoms with van der Waals surface area (Å²) in [6.07, 6.45) is -19.6. The molecular weight excluding hydrogens is 830 g/mol. The Morgan fingerprint density at radius 1 is 0.649 bits per heavy atom. The van der Waals surface area contributed by atoms with Gasteiger partial charge in [-0.15, -0.1) is 0 Å². The zero-order valence-electron chi connectivity index (χ0n) is 29.2. The fourth-order valence-corrected chi connectivity index (χ4v) is 6.12. The molecule has 0 spiro atoms. The van der Waals surface area contributed by atoms with Crippen molar-refractivity contribution in [3.63, 3.8) is 0 Å². The van der Waals surface area contributed by atoms with E-state index in [9.17, 15) is 77.6 Å². The largest absolute Gasteiger partial charge is 0.790 e. The van der Waals surface area contributed by atoms with Crippen LogP contribution in [0, 0.1) is 0 Å². The lowest BCUT2D eigenvalue weighted by atomic mass is 9.95. The Bertz CT molecular complexity index is 1440. The first kappa shape index (κ1) is 49.4. The van der Waals surface area contributed by atoms with Crippen molar-refractivity contribution in [3.05, 3.63) is 0 Å². The molecule has 0 bridgehead atoms. The van der Waals surface area contributed by atoms with Crippen LogP contribution in [0.1, 0.15) is 25.7 Å². The molecule has 28 nitrogen and oxygen atoms in total. The lowest BCUT2D eigenvalue weighted by molar-refractivity contribution is -0.364. The number of esters is 2. The number of hydrogen-bond donors (Lipinski definition) is 5. The number of carbonyl (C=O) groups excluding carboxylic acids is 7. The van der Waals surface area contributed by atoms with Crippen LogP contribution in [0.5, 0.6) is 0 Å². The smallest absolute Gasteiger partial charge is 0.309 e. The minimum Gasteiger partial charge on any atom is -0.790 e. The summed E-state index contributed by atoms with van der Waals surface area (Å²) in [7, 11) is -12.1. The predicted molar refractivity (Wildman–Crippen MR) is 163 cm³/mol. The molecule has 2 fully saturated rings. The molecular formula is C27H38N2O26P2-4. The van der Waals surface area contributed by atoms with Gasteiger partial charge in [-0.05, 0) is 0 Å². The first-order valence-corrected chi connectivity index (χ1v) is 19.2. The fourth-order valence-electron chi connectivity index (χ4n) is 5.14. The SMILES string of the molecule is O=COCCC(=O)N[C@H]1[C@H](OC[C@H]2O[C@H](OP(=O)([O-])[O-])[C@H](NC(=O)CCOC=O)[C@@H](OC(=O)CCO)[C@@H]2O)O[C@H](CO)[C@@H](OP(=O)([O-])[O-])[C@@H]1OC(=O)CCOC=O. The van der Waals surface area contributed by atoms with Gasteiger partial charge in [0.25, 0.3) is 19.4 Å². The maximum atomic E-state index is 12.9. The molecule has 0 unspecified atom stereocenters. The second-order valence-corrected chi connectivity index (χ2v) is 13.6. The van der Waals surface area contributed by atoms with E-state index in [1.54, 1.807) is 0 Å². The predicted octanol–water partition coefficient (Wildman–Crippen LogP) is -8.27. The molecule has 2 aliphatic rings. The molecule has 2 rings (SSSR count). The van der Waals surface area contributed by atoms with Crippen molar-refractivity contribution in [1.29, 1.82) is 0 Å². The topological polar surface area (TPSA) is 423 Å². The highest BCUT2D eigenvalue weighted by molar-refractivity contribution is 7.43. The number of aliphatic hydroxyl groups excluding tert-OH is 3. The Hall–Kier alpha value is -3.73. The Morgan fingerprint density at radius 2 is 1.12 bits per heavy atom. The van der Waals surface area contributed by atoms with Crippen molar-refractivity contribution >= 4 is 58.8 Å². The monoisotopic (exact) mass is 868 g/mol. The molecule has 30 heteroatoms. The normalized spacial score (nSPS) is 27.6. The van der Waals surface area contributed by atoms with E-state index in [4.69, 9.17) is 23.7 Å². The highest BCUT2D eigenvalue weighted by Crippen LogP contribution is 2.38. The maximum Gasteiger partial charge on any atom is 0.309 e. The van der Waals surface area contributed by atoms with E-state index < -0.39 is 166 Å². The number of carbonyl (C=O) groups is 7. The number of rotatable bonds is 26. The van der Waals surface area contributed by atoms with Crippen LogP contribution in [0.2, 0.25) is 0 Å². The summed E-state index contributed by atoms with van der Waals surface area (Å²) in [6.45, 7) is -4.77. The average Bonchev–Trinajstić information content (AvgIpc) is 3.11. The number of phosphoric acid groups is 2. The van der Waals surface area contributed by atoms with Gasteiger partial charge >= 0.3 is 11.9 Å². The third kappa shape index (κ3) is 17.3. The highest BCUT2D eigenvalue weighted by Gasteiger charge is 2.53. The molecule has 2 aliphatic heterocycles. The molecule has 2 saturated heterocycles. The summed E-state index contributed by atoms with van der Waals surface area (Å²) in [5.41, 5.74) is 0. The van der Waals surface area contributed by atoms with Crippen LogP contribution in [-0.4, -0.2) is 159 Å². The third-order valence-corrected chi connectivity index (χ3v) is 8.40. The number of ether oxygens (including phenoxy) is 8. The fraction of sp³-hybridized carbons (Fsp3) is 0.741. The number of nitrogens with one attached hydrogen (secondary N) is 2. The van der Waals surface area contributed by atoms with Gasteiger partial charge in [0.1, 0.15) is 43.1 Å². The van der Waals surface area contributed by atoms with Gasteiger partial charge in [-0.25, -0.2) is 0 Å². The van der Waals surface area contributed by atoms with Crippen LogP contribution < -0.4 is 30.2 Å². The zero-order valence-corrected chi connectivity index (χ0v) is 31.0. The Labute approximate surface area is 320 Å². The van der Waals surface area contributed by atoms with Crippen LogP contribution in [0.4, 0.5) is 0 Å². The summed E-state index contributed by atoms with van der Waals surface area (Å²) in [5.74, 6) is -4.61. The molecule has 0 aliphatic carbocycles. The second-order valence-electron chi connectivity index (χ2n) is 11.4. The van der Waals surface area contributed by atoms with Gasteiger partial charge in [-0.2, -0.15) is 0 Å². The number of hydrogen-bond acceptors (Lipinski definition) is 26. The van der Waals surface area contributed by atoms with Gasteiger partial charge in [0.05, 0.1) is 74.4 Å². The zero-order chi connectivity index (χ0) is 42.8. The number of amides is 2. The molecule has 57 heavy (non-hydrogen) atoms. The van der Waals surface area contributed by atoms with Gasteiger partial charge in [-0.3, -0.25) is 33.6 Å². The van der Waals surface area contributed by atoms with Gasteiger partial charge in [0.2, 0.25) is 11.8 Å². The third-order valence-electron chi connectivity index (χ3n) is 7.44. The van der Waals surface area contributed by atoms with Gasteiger partial charge in [0.15, 0.2) is 24.8 Å². The van der Waals surface area contributed by atoms with E-state index in [1.807, 2.05) is 0 Å². The van der Waals surface area contributed by atoms with Crippen molar-refractivity contribution in [1.82, 2.24) is 10.6 Å². The molecule has 2 heterocycles. The van der Waals surface area contributed by atoms with E-state index in [2.05, 4.69) is 33.9 Å². The van der Waals surface area contributed by atoms with E-state index in [0.29, 0.717) is 0 Å². The van der Waals surface area contributed by atoms with E-state index in [-0.39, 0.29) is 19.4 Å². The van der Waals surface area contributed by atoms with Crippen molar-refractivity contribution < 1.29 is 125 Å². The molecule has 10 atom stereocenters. The van der Waals surface area contributed by atoms with E-state index in [1.165, 1.54) is 0 Å². The summed E-state index contributed by atoms with van der Waals surface area (Å²) >= 11 is 0. The van der Waals surface area contributed by atoms with Crippen LogP contribution >= 0.6 is 15.6 Å². The Morgan fingerprint density at radius 3 is 1.61 bits per heavy atom. The molecule has 2 amide bonds. The lowest BCUT2D eigenvalue weighted by Gasteiger charge is -2.49. The standard InChI is InChI=1S/C27H42N2O26P2/c30-5-1-18(37)52-24-20(28-16(35)2-6-46-11-32)27(55-57(43,44)45)51-15(22(24)39)10-49-26-21(29-17(36)3-7-47-12-33)25(53-19(38)4-8-48-13-34)23(14(9-31)50-26)54-56(40,41)42/h11-15,20-27,30-31,39H,1-10H2,(H,28,35)(H,29,36)(H2,40,41,42)(H2,43,44,45)/p-4/t14-,15-,20-,21-,22-,23-,24-,25-,26-,27-/m1/s1. The van der Waals surface area contributed by atoms with Crippen LogP contribution in [0.25, 0.3) is 0 Å². The maximum absolute atomic E-state index is 12.9. The minimum atomic E-state index is -6.06. The van der Waals surface area contributed by atoms with Crippen molar-refractivity contribution in [2.24, 2.45) is 0 Å². The lowest BCUT2D eigenvalue weighted by Crippen LogP contribution is -2.68. The van der Waals surface area contributed by atoms with Gasteiger partial charge < -0.3 is 102 Å². The first-order valence-electron chi connectivity index (χ1n) is 16.2. The molecule has 0 saturated carbocycles. The summed E-state index contributed by atoms with van der Waals surface area (Å²) < 4.78 is 72.7. The van der Waals surface area contributed by atoms with Crippen LogP contribution in [-0.2, 0) is 89.6 Å². The first-order chi connectivity index (χ1) is 26.9. The molecule has 0 radical (unpaired) electrons. The minimum absolute atomic E-state index is 0.00467. The number of phosphoric ester groups is 2. The van der Waals surface area contributed by atoms with Crippen molar-refractivity contribution in [3.8, 4) is 0 Å². The second kappa shape index (κ2) is 24.3. The molecule has 0 aromatic heterocycles. The van der Waals surface area contributed by atoms with E-state index >= 15 is 0 Å². The molecule has 326 valence electrons. The van der Waals surface area contributed by atoms with Crippen LogP contribution in [0.15, 0.2) is 0 Å². The van der Waals surface area contributed by atoms with E-state index in [0.717, 1.165) is 0 Å². The Kier molecular flexibility index (Phi) is 21.0. The number of aliphatic hydroxyl groups is 3. The highest BCUT2D eigenvalue weighted by atomic mass is 31.2. The van der Waals surface area contributed by atoms with Gasteiger partial charge in [0, 0.05) is 0 Å². The summed E-state index contributed by atoms with van der Waals surface area (Å²) in [5, 5.41) is 34.9. The van der Waals surface area contributed by atoms with Crippen molar-refractivity contribution in [2.45, 2.75) is 87.0 Å². The quantitative estimate of drug-likeness (QED) is 0.0177. The summed E-state index contributed by atoms with van der Waals surface area (Å²) in [4.78, 5) is 129.